The van der Waals surface area contributed by atoms with Crippen LogP contribution in [0, 0.1) is 5.92 Å². The number of urea groups is 1. The highest BCUT2D eigenvalue weighted by atomic mass is 16.5. The third-order valence-electron chi connectivity index (χ3n) is 2.94. The molecule has 1 unspecified atom stereocenters. The molecule has 0 aliphatic carbocycles. The average Bonchev–Trinajstić information content (AvgIpc) is 2.30. The molecule has 0 radical (unpaired) electrons. The number of carbonyl (C=O) groups is 1. The molecule has 0 aromatic carbocycles. The van der Waals surface area contributed by atoms with Gasteiger partial charge in [0.25, 0.3) is 0 Å². The lowest BCUT2D eigenvalue weighted by molar-refractivity contribution is 0.0457. The Morgan fingerprint density at radius 2 is 2.38 bits per heavy atom. The molecule has 16 heavy (non-hydrogen) atoms. The van der Waals surface area contributed by atoms with Crippen molar-refractivity contribution in [2.75, 3.05) is 33.4 Å². The second-order valence-electron chi connectivity index (χ2n) is 4.55. The average molecular weight is 228 g/mol. The quantitative estimate of drug-likeness (QED) is 0.730. The van der Waals surface area contributed by atoms with Crippen LogP contribution < -0.4 is 5.32 Å². The number of carbonyl (C=O) groups excluding carboxylic acids is 1. The monoisotopic (exact) mass is 228 g/mol. The molecular weight excluding hydrogens is 204 g/mol. The van der Waals surface area contributed by atoms with Crippen molar-refractivity contribution in [3.05, 3.63) is 0 Å². The minimum absolute atomic E-state index is 0.0408. The summed E-state index contributed by atoms with van der Waals surface area (Å²) in [7, 11) is 1.86. The lowest BCUT2D eigenvalue weighted by Crippen LogP contribution is -2.41. The Bertz CT molecular complexity index is 203. The van der Waals surface area contributed by atoms with E-state index in [-0.39, 0.29) is 6.03 Å². The van der Waals surface area contributed by atoms with Crippen molar-refractivity contribution in [3.8, 4) is 0 Å². The summed E-state index contributed by atoms with van der Waals surface area (Å²) < 4.78 is 5.40. The molecule has 1 heterocycles. The van der Waals surface area contributed by atoms with Crippen LogP contribution in [-0.4, -0.2) is 44.3 Å². The van der Waals surface area contributed by atoms with Gasteiger partial charge in [0, 0.05) is 32.7 Å². The summed E-state index contributed by atoms with van der Waals surface area (Å²) in [4.78, 5) is 13.4. The zero-order valence-electron chi connectivity index (χ0n) is 10.5. The Morgan fingerprint density at radius 3 is 3.00 bits per heavy atom. The first kappa shape index (κ1) is 13.3. The van der Waals surface area contributed by atoms with Gasteiger partial charge in [-0.1, -0.05) is 13.3 Å². The number of unbranched alkanes of at least 4 members (excludes halogenated alkanes) is 1. The molecule has 1 N–H and O–H groups in total. The van der Waals surface area contributed by atoms with E-state index in [1.807, 2.05) is 7.05 Å². The van der Waals surface area contributed by atoms with E-state index in [0.29, 0.717) is 5.92 Å². The molecule has 4 heteroatoms. The third kappa shape index (κ3) is 4.84. The summed E-state index contributed by atoms with van der Waals surface area (Å²) in [6.07, 6.45) is 4.45. The largest absolute Gasteiger partial charge is 0.381 e. The fourth-order valence-electron chi connectivity index (χ4n) is 1.93. The van der Waals surface area contributed by atoms with Crippen LogP contribution in [-0.2, 0) is 4.74 Å². The minimum Gasteiger partial charge on any atom is -0.381 e. The molecule has 0 spiro atoms. The maximum Gasteiger partial charge on any atom is 0.317 e. The number of amides is 2. The zero-order chi connectivity index (χ0) is 11.8. The van der Waals surface area contributed by atoms with Crippen molar-refractivity contribution < 1.29 is 9.53 Å². The second kappa shape index (κ2) is 7.49. The summed E-state index contributed by atoms with van der Waals surface area (Å²) in [6, 6.07) is 0.0408. The molecule has 1 fully saturated rings. The highest BCUT2D eigenvalue weighted by Gasteiger charge is 2.18. The predicted molar refractivity (Wildman–Crippen MR) is 64.5 cm³/mol. The zero-order valence-corrected chi connectivity index (χ0v) is 10.5. The Kier molecular flexibility index (Phi) is 6.23. The first-order chi connectivity index (χ1) is 7.74. The van der Waals surface area contributed by atoms with Crippen LogP contribution in [0.15, 0.2) is 0 Å². The number of hydrogen-bond donors (Lipinski definition) is 1. The molecule has 1 atom stereocenters. The van der Waals surface area contributed by atoms with Crippen LogP contribution in [0.3, 0.4) is 0 Å². The maximum atomic E-state index is 11.7. The molecule has 2 amide bonds. The third-order valence-corrected chi connectivity index (χ3v) is 2.94. The van der Waals surface area contributed by atoms with Gasteiger partial charge in [0.05, 0.1) is 6.61 Å². The van der Waals surface area contributed by atoms with Gasteiger partial charge in [-0.25, -0.2) is 4.79 Å². The minimum atomic E-state index is 0.0408. The first-order valence-electron chi connectivity index (χ1n) is 6.30. The van der Waals surface area contributed by atoms with Crippen molar-refractivity contribution in [3.63, 3.8) is 0 Å². The molecule has 1 aliphatic heterocycles. The Balaban J connectivity index is 2.16. The molecule has 4 nitrogen and oxygen atoms in total. The molecule has 0 aromatic heterocycles. The van der Waals surface area contributed by atoms with Crippen LogP contribution in [0.4, 0.5) is 4.79 Å². The maximum absolute atomic E-state index is 11.7. The highest BCUT2D eigenvalue weighted by molar-refractivity contribution is 5.73. The molecule has 94 valence electrons. The van der Waals surface area contributed by atoms with Gasteiger partial charge in [-0.2, -0.15) is 0 Å². The van der Waals surface area contributed by atoms with Gasteiger partial charge in [-0.15, -0.1) is 0 Å². The van der Waals surface area contributed by atoms with Gasteiger partial charge in [0.15, 0.2) is 0 Å². The normalized spacial score (nSPS) is 20.5. The molecule has 1 saturated heterocycles. The van der Waals surface area contributed by atoms with Gasteiger partial charge >= 0.3 is 6.03 Å². The summed E-state index contributed by atoms with van der Waals surface area (Å²) in [6.45, 7) is 5.38. The number of nitrogens with one attached hydrogen (secondary N) is 1. The van der Waals surface area contributed by atoms with E-state index in [0.717, 1.165) is 45.6 Å². The predicted octanol–water partition coefficient (Wildman–Crippen LogP) is 1.85. The van der Waals surface area contributed by atoms with E-state index < -0.39 is 0 Å². The number of nitrogens with zero attached hydrogens (tertiary/aromatic N) is 1. The van der Waals surface area contributed by atoms with Crippen molar-refractivity contribution in [2.24, 2.45) is 5.92 Å². The smallest absolute Gasteiger partial charge is 0.317 e. The van der Waals surface area contributed by atoms with Gasteiger partial charge in [-0.05, 0) is 19.3 Å². The van der Waals surface area contributed by atoms with Crippen LogP contribution in [0.5, 0.6) is 0 Å². The molecule has 1 rings (SSSR count). The summed E-state index contributed by atoms with van der Waals surface area (Å²) in [5.41, 5.74) is 0. The lowest BCUT2D eigenvalue weighted by Gasteiger charge is -2.27. The molecule has 0 bridgehead atoms. The van der Waals surface area contributed by atoms with Crippen molar-refractivity contribution >= 4 is 6.03 Å². The molecular formula is C12H24N2O2. The van der Waals surface area contributed by atoms with Gasteiger partial charge in [0.1, 0.15) is 0 Å². The van der Waals surface area contributed by atoms with E-state index in [1.54, 1.807) is 4.90 Å². The lowest BCUT2D eigenvalue weighted by atomic mass is 10.0. The fourth-order valence-corrected chi connectivity index (χ4v) is 1.93. The number of ether oxygens (including phenoxy) is 1. The topological polar surface area (TPSA) is 41.6 Å². The SMILES string of the molecule is CCCCNC(=O)N(C)CC1CCCOC1. The van der Waals surface area contributed by atoms with E-state index in [4.69, 9.17) is 4.74 Å². The Morgan fingerprint density at radius 1 is 1.56 bits per heavy atom. The number of hydrogen-bond acceptors (Lipinski definition) is 2. The molecule has 0 saturated carbocycles. The van der Waals surface area contributed by atoms with Crippen LogP contribution >= 0.6 is 0 Å². The Labute approximate surface area is 98.3 Å². The second-order valence-corrected chi connectivity index (χ2v) is 4.55. The van der Waals surface area contributed by atoms with Gasteiger partial charge < -0.3 is 15.0 Å². The highest BCUT2D eigenvalue weighted by Crippen LogP contribution is 2.14. The van der Waals surface area contributed by atoms with E-state index in [1.165, 1.54) is 6.42 Å². The summed E-state index contributed by atoms with van der Waals surface area (Å²) >= 11 is 0. The van der Waals surface area contributed by atoms with E-state index >= 15 is 0 Å². The van der Waals surface area contributed by atoms with Crippen molar-refractivity contribution in [1.29, 1.82) is 0 Å². The number of rotatable bonds is 5. The molecule has 1 aliphatic rings. The fraction of sp³-hybridized carbons (Fsp3) is 0.917. The van der Waals surface area contributed by atoms with Crippen LogP contribution in [0.2, 0.25) is 0 Å². The molecule has 0 aromatic rings. The van der Waals surface area contributed by atoms with E-state index in [2.05, 4.69) is 12.2 Å². The van der Waals surface area contributed by atoms with Crippen molar-refractivity contribution in [1.82, 2.24) is 10.2 Å². The van der Waals surface area contributed by atoms with Crippen LogP contribution in [0.1, 0.15) is 32.6 Å². The van der Waals surface area contributed by atoms with Gasteiger partial charge in [-0.3, -0.25) is 0 Å². The summed E-state index contributed by atoms with van der Waals surface area (Å²) in [5.74, 6) is 0.510. The first-order valence-corrected chi connectivity index (χ1v) is 6.30. The van der Waals surface area contributed by atoms with Crippen LogP contribution in [0.25, 0.3) is 0 Å². The Hall–Kier alpha value is -0.770. The summed E-state index contributed by atoms with van der Waals surface area (Å²) in [5, 5.41) is 2.92. The standard InChI is InChI=1S/C12H24N2O2/c1-3-4-7-13-12(15)14(2)9-11-6-5-8-16-10-11/h11H,3-10H2,1-2H3,(H,13,15). The van der Waals surface area contributed by atoms with Crippen molar-refractivity contribution in [2.45, 2.75) is 32.6 Å². The van der Waals surface area contributed by atoms with E-state index in [9.17, 15) is 4.79 Å². The van der Waals surface area contributed by atoms with Gasteiger partial charge in [0.2, 0.25) is 0 Å².